The number of nitrogens with one attached hydrogen (secondary N) is 2. The molecule has 7 heteroatoms. The van der Waals surface area contributed by atoms with Crippen molar-refractivity contribution in [2.45, 2.75) is 6.42 Å². The van der Waals surface area contributed by atoms with Gasteiger partial charge in [-0.3, -0.25) is 9.78 Å². The lowest BCUT2D eigenvalue weighted by Crippen LogP contribution is -2.30. The molecule has 2 aromatic carbocycles. The second-order valence-electron chi connectivity index (χ2n) is 5.19. The van der Waals surface area contributed by atoms with Crippen molar-refractivity contribution in [3.63, 3.8) is 0 Å². The quantitative estimate of drug-likeness (QED) is 0.724. The molecule has 3 aromatic rings. The van der Waals surface area contributed by atoms with Crippen LogP contribution in [0.4, 0.5) is 4.39 Å². The number of hydrogen-bond donors (Lipinski definition) is 2. The summed E-state index contributed by atoms with van der Waals surface area (Å²) in [5.41, 5.74) is 2.06. The van der Waals surface area contributed by atoms with Gasteiger partial charge in [0.05, 0.1) is 5.52 Å². The van der Waals surface area contributed by atoms with Gasteiger partial charge in [-0.1, -0.05) is 6.07 Å². The number of carbonyl (C=O) groups excluding carboxylic acids is 1. The summed E-state index contributed by atoms with van der Waals surface area (Å²) < 4.78 is 23.0. The number of amides is 1. The third kappa shape index (κ3) is 4.01. The Hall–Kier alpha value is -3.09. The van der Waals surface area contributed by atoms with Crippen molar-refractivity contribution in [2.24, 2.45) is 0 Å². The van der Waals surface area contributed by atoms with Crippen LogP contribution < -0.4 is 15.8 Å². The number of carbonyl (C=O) groups is 1. The summed E-state index contributed by atoms with van der Waals surface area (Å²) in [5, 5.41) is 2.73. The average Bonchev–Trinajstić information content (AvgIpc) is 2.93. The molecule has 0 fully saturated rings. The zero-order chi connectivity index (χ0) is 16.9. The number of aromatic nitrogens is 1. The van der Waals surface area contributed by atoms with E-state index in [1.807, 2.05) is 6.07 Å². The number of aromatic amines is 1. The van der Waals surface area contributed by atoms with E-state index in [0.717, 1.165) is 5.56 Å². The summed E-state index contributed by atoms with van der Waals surface area (Å²) in [6, 6.07) is 10.8. The standard InChI is InChI=1S/C17H15FN2O4/c18-12-2-4-13(5-3-12)23-10-16(21)19-8-7-11-1-6-14-15(9-11)24-17(22)20-14/h1-6,9H,7-8,10H2,(H,19,21)(H,20,22). The molecule has 0 aliphatic rings. The molecule has 0 bridgehead atoms. The minimum absolute atomic E-state index is 0.142. The van der Waals surface area contributed by atoms with Gasteiger partial charge in [-0.15, -0.1) is 0 Å². The molecule has 24 heavy (non-hydrogen) atoms. The molecule has 0 saturated carbocycles. The van der Waals surface area contributed by atoms with Crippen molar-refractivity contribution < 1.29 is 18.3 Å². The van der Waals surface area contributed by atoms with Crippen LogP contribution in [0.5, 0.6) is 5.75 Å². The van der Waals surface area contributed by atoms with E-state index < -0.39 is 5.76 Å². The first-order chi connectivity index (χ1) is 11.6. The number of H-pyrrole nitrogens is 1. The highest BCUT2D eigenvalue weighted by atomic mass is 19.1. The Kier molecular flexibility index (Phi) is 4.60. The lowest BCUT2D eigenvalue weighted by molar-refractivity contribution is -0.123. The predicted molar refractivity (Wildman–Crippen MR) is 85.4 cm³/mol. The second kappa shape index (κ2) is 6.99. The van der Waals surface area contributed by atoms with Gasteiger partial charge in [0.2, 0.25) is 0 Å². The van der Waals surface area contributed by atoms with Crippen molar-refractivity contribution in [2.75, 3.05) is 13.2 Å². The zero-order valence-electron chi connectivity index (χ0n) is 12.7. The predicted octanol–water partition coefficient (Wildman–Crippen LogP) is 2.00. The van der Waals surface area contributed by atoms with Crippen molar-refractivity contribution >= 4 is 17.0 Å². The van der Waals surface area contributed by atoms with E-state index in [-0.39, 0.29) is 18.3 Å². The second-order valence-corrected chi connectivity index (χ2v) is 5.19. The summed E-state index contributed by atoms with van der Waals surface area (Å²) in [6.07, 6.45) is 0.590. The van der Waals surface area contributed by atoms with Gasteiger partial charge in [-0.25, -0.2) is 9.18 Å². The van der Waals surface area contributed by atoms with Crippen LogP contribution in [0, 0.1) is 5.82 Å². The van der Waals surface area contributed by atoms with Crippen molar-refractivity contribution in [1.29, 1.82) is 0 Å². The minimum Gasteiger partial charge on any atom is -0.484 e. The summed E-state index contributed by atoms with van der Waals surface area (Å²) in [7, 11) is 0. The maximum Gasteiger partial charge on any atom is 0.417 e. The first-order valence-corrected chi connectivity index (χ1v) is 7.37. The Labute approximate surface area is 136 Å². The summed E-state index contributed by atoms with van der Waals surface area (Å²) in [5.74, 6) is -0.691. The first-order valence-electron chi connectivity index (χ1n) is 7.37. The average molecular weight is 330 g/mol. The Bertz CT molecular complexity index is 899. The number of halogens is 1. The van der Waals surface area contributed by atoms with Crippen LogP contribution in [-0.2, 0) is 11.2 Å². The minimum atomic E-state index is -0.492. The number of hydrogen-bond acceptors (Lipinski definition) is 4. The molecule has 0 unspecified atom stereocenters. The number of oxazole rings is 1. The van der Waals surface area contributed by atoms with Crippen LogP contribution in [0.25, 0.3) is 11.1 Å². The Balaban J connectivity index is 1.45. The molecular weight excluding hydrogens is 315 g/mol. The van der Waals surface area contributed by atoms with Crippen LogP contribution in [-0.4, -0.2) is 24.0 Å². The molecule has 0 saturated heterocycles. The summed E-state index contributed by atoms with van der Waals surface area (Å²) >= 11 is 0. The molecule has 124 valence electrons. The number of rotatable bonds is 6. The van der Waals surface area contributed by atoms with Gasteiger partial charge >= 0.3 is 5.76 Å². The lowest BCUT2D eigenvalue weighted by atomic mass is 10.1. The van der Waals surface area contributed by atoms with Crippen LogP contribution >= 0.6 is 0 Å². The maximum atomic E-state index is 12.8. The van der Waals surface area contributed by atoms with Crippen LogP contribution in [0.2, 0.25) is 0 Å². The van der Waals surface area contributed by atoms with Gasteiger partial charge in [0.25, 0.3) is 5.91 Å². The number of ether oxygens (including phenoxy) is 1. The molecular formula is C17H15FN2O4. The van der Waals surface area contributed by atoms with Crippen molar-refractivity contribution in [3.8, 4) is 5.75 Å². The highest BCUT2D eigenvalue weighted by Gasteiger charge is 2.05. The molecule has 1 aromatic heterocycles. The van der Waals surface area contributed by atoms with Gasteiger partial charge in [-0.2, -0.15) is 0 Å². The normalized spacial score (nSPS) is 10.7. The van der Waals surface area contributed by atoms with Gasteiger partial charge in [-0.05, 0) is 48.4 Å². The van der Waals surface area contributed by atoms with E-state index in [1.165, 1.54) is 24.3 Å². The summed E-state index contributed by atoms with van der Waals surface area (Å²) in [6.45, 7) is 0.281. The molecule has 0 aliphatic heterocycles. The van der Waals surface area contributed by atoms with Gasteiger partial charge < -0.3 is 14.5 Å². The molecule has 1 amide bonds. The maximum absolute atomic E-state index is 12.8. The van der Waals surface area contributed by atoms with Crippen LogP contribution in [0.3, 0.4) is 0 Å². The highest BCUT2D eigenvalue weighted by Crippen LogP contribution is 2.13. The Morgan fingerprint density at radius 3 is 2.79 bits per heavy atom. The molecule has 0 atom stereocenters. The number of benzene rings is 2. The van der Waals surface area contributed by atoms with E-state index in [9.17, 15) is 14.0 Å². The third-order valence-electron chi connectivity index (χ3n) is 3.40. The fraction of sp³-hybridized carbons (Fsp3) is 0.176. The van der Waals surface area contributed by atoms with E-state index in [4.69, 9.17) is 9.15 Å². The van der Waals surface area contributed by atoms with Crippen LogP contribution in [0.1, 0.15) is 5.56 Å². The molecule has 0 spiro atoms. The van der Waals surface area contributed by atoms with Gasteiger partial charge in [0, 0.05) is 6.54 Å². The van der Waals surface area contributed by atoms with E-state index in [2.05, 4.69) is 10.3 Å². The zero-order valence-corrected chi connectivity index (χ0v) is 12.7. The fourth-order valence-electron chi connectivity index (χ4n) is 2.22. The molecule has 1 heterocycles. The van der Waals surface area contributed by atoms with E-state index in [1.54, 1.807) is 12.1 Å². The van der Waals surface area contributed by atoms with Gasteiger partial charge in [0.1, 0.15) is 11.6 Å². The Morgan fingerprint density at radius 2 is 2.00 bits per heavy atom. The SMILES string of the molecule is O=C(COc1ccc(F)cc1)NCCc1ccc2[nH]c(=O)oc2c1. The Morgan fingerprint density at radius 1 is 1.21 bits per heavy atom. The third-order valence-corrected chi connectivity index (χ3v) is 3.40. The van der Waals surface area contributed by atoms with Crippen molar-refractivity contribution in [3.05, 3.63) is 64.4 Å². The topological polar surface area (TPSA) is 84.3 Å². The fourth-order valence-corrected chi connectivity index (χ4v) is 2.22. The summed E-state index contributed by atoms with van der Waals surface area (Å²) in [4.78, 5) is 25.4. The molecule has 0 radical (unpaired) electrons. The van der Waals surface area contributed by atoms with Gasteiger partial charge in [0.15, 0.2) is 12.2 Å². The van der Waals surface area contributed by atoms with Crippen molar-refractivity contribution in [1.82, 2.24) is 10.3 Å². The number of fused-ring (bicyclic) bond motifs is 1. The first kappa shape index (κ1) is 15.8. The smallest absolute Gasteiger partial charge is 0.417 e. The largest absolute Gasteiger partial charge is 0.484 e. The van der Waals surface area contributed by atoms with E-state index >= 15 is 0 Å². The van der Waals surface area contributed by atoms with E-state index in [0.29, 0.717) is 29.8 Å². The van der Waals surface area contributed by atoms with Crippen LogP contribution in [0.15, 0.2) is 51.7 Å². The monoisotopic (exact) mass is 330 g/mol. The lowest BCUT2D eigenvalue weighted by Gasteiger charge is -2.07. The highest BCUT2D eigenvalue weighted by molar-refractivity contribution is 5.77. The molecule has 3 rings (SSSR count). The molecule has 6 nitrogen and oxygen atoms in total. The molecule has 0 aliphatic carbocycles. The molecule has 2 N–H and O–H groups in total.